The van der Waals surface area contributed by atoms with E-state index in [-0.39, 0.29) is 12.5 Å². The molecule has 0 bridgehead atoms. The van der Waals surface area contributed by atoms with Crippen LogP contribution in [0.1, 0.15) is 90.7 Å². The molecule has 0 N–H and O–H groups in total. The number of halogens is 2. The number of aliphatic imine (C=N–C) groups is 1. The molecule has 1 aromatic rings. The number of carbonyl (C=O) groups is 1. The summed E-state index contributed by atoms with van der Waals surface area (Å²) in [5, 5.41) is 0. The van der Waals surface area contributed by atoms with Crippen LogP contribution < -0.4 is 5.46 Å². The van der Waals surface area contributed by atoms with Crippen LogP contribution in [-0.2, 0) is 32.0 Å². The maximum Gasteiger partial charge on any atom is 0.495 e. The van der Waals surface area contributed by atoms with Gasteiger partial charge in [-0.3, -0.25) is 14.7 Å². The van der Waals surface area contributed by atoms with Crippen molar-refractivity contribution < 1.29 is 27.6 Å². The van der Waals surface area contributed by atoms with Gasteiger partial charge in [-0.05, 0) is 63.5 Å². The minimum atomic E-state index is -2.55. The Labute approximate surface area is 213 Å². The molecule has 1 spiro atoms. The molecule has 198 valence electrons. The summed E-state index contributed by atoms with van der Waals surface area (Å²) in [5.74, 6) is 0.964. The number of hydrogen-bond acceptors (Lipinski definition) is 5. The molecule has 4 rings (SSSR count). The van der Waals surface area contributed by atoms with E-state index < -0.39 is 36.9 Å². The molecule has 0 aromatic heterocycles. The molecule has 2 aliphatic heterocycles. The van der Waals surface area contributed by atoms with Crippen molar-refractivity contribution in [1.82, 2.24) is 4.90 Å². The zero-order valence-electron chi connectivity index (χ0n) is 22.2. The third kappa shape index (κ3) is 5.39. The Hall–Kier alpha value is -1.84. The number of hydrogen-bond donors (Lipinski definition) is 0. The largest absolute Gasteiger partial charge is 0.495 e. The second kappa shape index (κ2) is 10.5. The minimum absolute atomic E-state index is 0.00621. The van der Waals surface area contributed by atoms with Crippen LogP contribution in [0.15, 0.2) is 23.2 Å². The van der Waals surface area contributed by atoms with Gasteiger partial charge in [0.2, 0.25) is 0 Å². The lowest BCUT2D eigenvalue weighted by Gasteiger charge is -2.32. The first-order chi connectivity index (χ1) is 17.0. The SMILES string of the molecule is CCCCC1=NC2(CCCC2)C(=O)N1Cc1ccc(B2OC(C)(C)C(C)(C)O2)c(COCC(F)F)c1. The van der Waals surface area contributed by atoms with Crippen LogP contribution >= 0.6 is 0 Å². The van der Waals surface area contributed by atoms with Gasteiger partial charge in [0.15, 0.2) is 0 Å². The summed E-state index contributed by atoms with van der Waals surface area (Å²) in [6.07, 6.45) is 3.92. The Kier molecular flexibility index (Phi) is 7.94. The van der Waals surface area contributed by atoms with Crippen LogP contribution in [0.5, 0.6) is 0 Å². The van der Waals surface area contributed by atoms with Gasteiger partial charge in [0.1, 0.15) is 18.0 Å². The number of unbranched alkanes of at least 4 members (excludes halogenated alkanes) is 1. The van der Waals surface area contributed by atoms with Crippen molar-refractivity contribution in [2.45, 2.75) is 116 Å². The summed E-state index contributed by atoms with van der Waals surface area (Å²) in [4.78, 5) is 20.3. The molecule has 1 amide bonds. The Bertz CT molecular complexity index is 976. The predicted octanol–water partition coefficient (Wildman–Crippen LogP) is 5.01. The third-order valence-electron chi connectivity index (χ3n) is 8.04. The molecule has 0 radical (unpaired) electrons. The first-order valence-electron chi connectivity index (χ1n) is 13.2. The van der Waals surface area contributed by atoms with Gasteiger partial charge < -0.3 is 14.0 Å². The van der Waals surface area contributed by atoms with E-state index in [4.69, 9.17) is 19.0 Å². The van der Waals surface area contributed by atoms with Crippen molar-refractivity contribution in [3.05, 3.63) is 29.3 Å². The Morgan fingerprint density at radius 2 is 1.81 bits per heavy atom. The van der Waals surface area contributed by atoms with Gasteiger partial charge in [-0.2, -0.15) is 0 Å². The van der Waals surface area contributed by atoms with Crippen molar-refractivity contribution in [3.8, 4) is 0 Å². The molecular formula is C27H39BF2N2O4. The fourth-order valence-corrected chi connectivity index (χ4v) is 5.22. The summed E-state index contributed by atoms with van der Waals surface area (Å²) >= 11 is 0. The van der Waals surface area contributed by atoms with Crippen LogP contribution in [0.3, 0.4) is 0 Å². The third-order valence-corrected chi connectivity index (χ3v) is 8.04. The number of amidine groups is 1. The monoisotopic (exact) mass is 504 g/mol. The number of alkyl halides is 2. The molecule has 2 heterocycles. The molecular weight excluding hydrogens is 465 g/mol. The summed E-state index contributed by atoms with van der Waals surface area (Å²) in [6, 6.07) is 5.80. The zero-order valence-corrected chi connectivity index (χ0v) is 22.2. The summed E-state index contributed by atoms with van der Waals surface area (Å²) in [5.41, 5.74) is 0.736. The Morgan fingerprint density at radius 1 is 1.14 bits per heavy atom. The number of ether oxygens (including phenoxy) is 1. The number of nitrogens with zero attached hydrogens (tertiary/aromatic N) is 2. The number of rotatable bonds is 10. The minimum Gasteiger partial charge on any atom is -0.399 e. The number of carbonyl (C=O) groups excluding carboxylic acids is 1. The van der Waals surface area contributed by atoms with Crippen molar-refractivity contribution in [2.75, 3.05) is 6.61 Å². The highest BCUT2D eigenvalue weighted by molar-refractivity contribution is 6.62. The average molecular weight is 504 g/mol. The van der Waals surface area contributed by atoms with Gasteiger partial charge in [0, 0.05) is 6.42 Å². The summed E-state index contributed by atoms with van der Waals surface area (Å²) in [7, 11) is -0.633. The highest BCUT2D eigenvalue weighted by atomic mass is 19.3. The molecule has 9 heteroatoms. The zero-order chi connectivity index (χ0) is 26.1. The smallest absolute Gasteiger partial charge is 0.399 e. The molecule has 36 heavy (non-hydrogen) atoms. The van der Waals surface area contributed by atoms with Crippen molar-refractivity contribution >= 4 is 24.3 Å². The van der Waals surface area contributed by atoms with Gasteiger partial charge >= 0.3 is 7.12 Å². The van der Waals surface area contributed by atoms with E-state index in [0.717, 1.165) is 67.4 Å². The van der Waals surface area contributed by atoms with Gasteiger partial charge in [0.05, 0.1) is 24.4 Å². The maximum absolute atomic E-state index is 13.5. The topological polar surface area (TPSA) is 60.4 Å². The molecule has 3 aliphatic rings. The molecule has 0 atom stereocenters. The van der Waals surface area contributed by atoms with Crippen molar-refractivity contribution in [1.29, 1.82) is 0 Å². The van der Waals surface area contributed by atoms with Gasteiger partial charge in [0.25, 0.3) is 12.3 Å². The van der Waals surface area contributed by atoms with Gasteiger partial charge in [-0.1, -0.05) is 44.4 Å². The Morgan fingerprint density at radius 3 is 2.42 bits per heavy atom. The fraction of sp³-hybridized carbons (Fsp3) is 0.704. The predicted molar refractivity (Wildman–Crippen MR) is 137 cm³/mol. The highest BCUT2D eigenvalue weighted by Gasteiger charge is 2.52. The highest BCUT2D eigenvalue weighted by Crippen LogP contribution is 2.40. The van der Waals surface area contributed by atoms with Crippen LogP contribution in [0.4, 0.5) is 8.78 Å². The Balaban J connectivity index is 1.60. The molecule has 1 saturated carbocycles. The van der Waals surface area contributed by atoms with E-state index in [1.54, 1.807) is 0 Å². The fourth-order valence-electron chi connectivity index (χ4n) is 5.22. The van der Waals surface area contributed by atoms with Gasteiger partial charge in [-0.25, -0.2) is 8.78 Å². The summed E-state index contributed by atoms with van der Waals surface area (Å²) < 4.78 is 43.4. The first-order valence-corrected chi connectivity index (χ1v) is 13.2. The first kappa shape index (κ1) is 27.2. The van der Waals surface area contributed by atoms with E-state index in [1.165, 1.54) is 0 Å². The van der Waals surface area contributed by atoms with Crippen molar-refractivity contribution in [3.63, 3.8) is 0 Å². The lowest BCUT2D eigenvalue weighted by atomic mass is 9.75. The van der Waals surface area contributed by atoms with Gasteiger partial charge in [-0.15, -0.1) is 0 Å². The molecule has 1 aliphatic carbocycles. The standard InChI is InChI=1S/C27H39BF2N2O4/c1-6-7-10-23-31-27(13-8-9-14-27)24(33)32(23)16-19-11-12-21(20(15-19)17-34-18-22(29)30)28-35-25(2,3)26(4,5)36-28/h11-12,15,22H,6-10,13-14,16-18H2,1-5H3. The molecule has 6 nitrogen and oxygen atoms in total. The molecule has 0 unspecified atom stereocenters. The molecule has 2 fully saturated rings. The van der Waals surface area contributed by atoms with Crippen LogP contribution in [0, 0.1) is 0 Å². The van der Waals surface area contributed by atoms with E-state index in [0.29, 0.717) is 6.54 Å². The second-order valence-corrected chi connectivity index (χ2v) is 11.3. The van der Waals surface area contributed by atoms with Crippen LogP contribution in [0.25, 0.3) is 0 Å². The van der Waals surface area contributed by atoms with E-state index >= 15 is 0 Å². The molecule has 1 aromatic carbocycles. The average Bonchev–Trinajstić information content (AvgIpc) is 3.43. The van der Waals surface area contributed by atoms with Crippen LogP contribution in [0.2, 0.25) is 0 Å². The van der Waals surface area contributed by atoms with E-state index in [9.17, 15) is 13.6 Å². The molecule has 1 saturated heterocycles. The van der Waals surface area contributed by atoms with Crippen LogP contribution in [-0.4, -0.2) is 53.5 Å². The lowest BCUT2D eigenvalue weighted by Crippen LogP contribution is -2.41. The normalized spacial score (nSPS) is 22.3. The maximum atomic E-state index is 13.5. The number of amides is 1. The second-order valence-electron chi connectivity index (χ2n) is 11.3. The lowest BCUT2D eigenvalue weighted by molar-refractivity contribution is -0.131. The van der Waals surface area contributed by atoms with E-state index in [1.807, 2.05) is 50.8 Å². The number of benzene rings is 1. The van der Waals surface area contributed by atoms with E-state index in [2.05, 4.69) is 6.92 Å². The van der Waals surface area contributed by atoms with Crippen molar-refractivity contribution in [2.24, 2.45) is 4.99 Å². The summed E-state index contributed by atoms with van der Waals surface area (Å²) in [6.45, 7) is 9.79. The quantitative estimate of drug-likeness (QED) is 0.421.